The molecular formula is C37H38N6O5S. The van der Waals surface area contributed by atoms with Crippen LogP contribution in [0.4, 0.5) is 11.5 Å². The number of rotatable bonds is 9. The normalized spacial score (nSPS) is 13.5. The largest absolute Gasteiger partial charge is 0.383 e. The molecule has 3 N–H and O–H groups in total. The van der Waals surface area contributed by atoms with Gasteiger partial charge in [0.1, 0.15) is 22.1 Å². The summed E-state index contributed by atoms with van der Waals surface area (Å²) >= 11 is 0. The number of ether oxygens (including phenoxy) is 1. The third-order valence-corrected chi connectivity index (χ3v) is 9.21. The van der Waals surface area contributed by atoms with Crippen molar-refractivity contribution in [2.75, 3.05) is 24.3 Å². The molecule has 0 unspecified atom stereocenters. The molecule has 1 aliphatic heterocycles. The summed E-state index contributed by atoms with van der Waals surface area (Å²) in [6.07, 6.45) is 8.24. The molecule has 1 saturated heterocycles. The van der Waals surface area contributed by atoms with E-state index in [2.05, 4.69) is 20.3 Å². The number of nitrogens with one attached hydrogen (secondary N) is 1. The molecule has 5 heterocycles. The molecule has 0 spiro atoms. The van der Waals surface area contributed by atoms with E-state index in [9.17, 15) is 18.0 Å². The zero-order valence-corrected chi connectivity index (χ0v) is 28.5. The predicted molar refractivity (Wildman–Crippen MR) is 191 cm³/mol. The van der Waals surface area contributed by atoms with Gasteiger partial charge in [0.25, 0.3) is 5.91 Å². The van der Waals surface area contributed by atoms with E-state index in [0.717, 1.165) is 40.9 Å². The molecule has 4 aromatic heterocycles. The topological polar surface area (TPSA) is 159 Å². The average molecular weight is 679 g/mol. The maximum atomic E-state index is 13.8. The number of hydrogen-bond donors (Lipinski definition) is 3. The Morgan fingerprint density at radius 3 is 2.33 bits per heavy atom. The van der Waals surface area contributed by atoms with E-state index in [1.165, 1.54) is 6.20 Å². The van der Waals surface area contributed by atoms with Gasteiger partial charge < -0.3 is 20.4 Å². The fourth-order valence-corrected chi connectivity index (χ4v) is 6.69. The summed E-state index contributed by atoms with van der Waals surface area (Å²) in [5.74, 6) is -0.452. The van der Waals surface area contributed by atoms with Crippen molar-refractivity contribution < 1.29 is 17.9 Å². The number of pyridine rings is 4. The number of nitrogens with zero attached hydrogens (tertiary/aromatic N) is 4. The van der Waals surface area contributed by atoms with Crippen LogP contribution in [0, 0.1) is 26.7 Å². The molecule has 12 heteroatoms. The standard InChI is InChI=1S/C37H38N6O5S/c1-22-4-6-26(7-5-22)32-19-43(18-25-8-10-48-11-9-25)20-33(35(32)44)37(45)42-30-14-29(21-49(46)47)34(39-17-30)31-15-28(16-40-36(31)38)27-12-23(2)41-24(3)13-27/h4-7,12-17,19-20,25,49H,8-11,18,21H2,1-3H3,(H2,38,40)(H,42,45). The van der Waals surface area contributed by atoms with Gasteiger partial charge in [-0.2, -0.15) is 0 Å². The Balaban J connectivity index is 1.36. The van der Waals surface area contributed by atoms with E-state index in [-0.39, 0.29) is 22.8 Å². The number of carbonyl (C=O) groups is 1. The molecule has 0 radical (unpaired) electrons. The van der Waals surface area contributed by atoms with E-state index in [1.54, 1.807) is 24.7 Å². The lowest BCUT2D eigenvalue weighted by Crippen LogP contribution is -2.26. The maximum absolute atomic E-state index is 13.8. The Bertz CT molecular complexity index is 2140. The molecule has 6 rings (SSSR count). The van der Waals surface area contributed by atoms with Crippen LogP contribution >= 0.6 is 0 Å². The number of carbonyl (C=O) groups excluding carboxylic acids is 1. The quantitative estimate of drug-likeness (QED) is 0.175. The van der Waals surface area contributed by atoms with Crippen LogP contribution in [0.2, 0.25) is 0 Å². The highest BCUT2D eigenvalue weighted by molar-refractivity contribution is 7.71. The molecule has 1 aromatic carbocycles. The van der Waals surface area contributed by atoms with E-state index < -0.39 is 22.0 Å². The molecule has 1 aliphatic rings. The number of anilines is 2. The van der Waals surface area contributed by atoms with Crippen molar-refractivity contribution in [1.82, 2.24) is 19.5 Å². The number of nitrogen functional groups attached to an aromatic ring is 1. The van der Waals surface area contributed by atoms with Gasteiger partial charge >= 0.3 is 0 Å². The molecule has 252 valence electrons. The summed E-state index contributed by atoms with van der Waals surface area (Å²) in [7, 11) is -2.86. The summed E-state index contributed by atoms with van der Waals surface area (Å²) in [6, 6.07) is 14.8. The monoisotopic (exact) mass is 678 g/mol. The van der Waals surface area contributed by atoms with E-state index in [1.807, 2.05) is 67.8 Å². The van der Waals surface area contributed by atoms with Gasteiger partial charge in [0.2, 0.25) is 5.43 Å². The highest BCUT2D eigenvalue weighted by Crippen LogP contribution is 2.32. The van der Waals surface area contributed by atoms with Crippen LogP contribution in [-0.4, -0.2) is 47.1 Å². The van der Waals surface area contributed by atoms with Gasteiger partial charge in [0.15, 0.2) is 0 Å². The second kappa shape index (κ2) is 14.5. The van der Waals surface area contributed by atoms with Gasteiger partial charge in [-0.25, -0.2) is 13.4 Å². The molecule has 0 saturated carbocycles. The van der Waals surface area contributed by atoms with Crippen molar-refractivity contribution in [3.05, 3.63) is 112 Å². The van der Waals surface area contributed by atoms with Crippen LogP contribution in [0.5, 0.6) is 0 Å². The number of hydrogen-bond acceptors (Lipinski definition) is 9. The Morgan fingerprint density at radius 1 is 0.918 bits per heavy atom. The third-order valence-electron chi connectivity index (χ3n) is 8.61. The second-order valence-corrected chi connectivity index (χ2v) is 13.5. The Labute approximate surface area is 286 Å². The summed E-state index contributed by atoms with van der Waals surface area (Å²) in [6.45, 7) is 7.77. The number of thiol groups is 1. The first kappa shape index (κ1) is 33.7. The average Bonchev–Trinajstić information content (AvgIpc) is 3.06. The SMILES string of the molecule is Cc1ccc(-c2cn(CC3CCOCC3)cc(C(=O)Nc3cnc(-c4cc(-c5cc(C)nc(C)c5)cnc4N)c(C[SH](=O)=O)c3)c2=O)cc1. The van der Waals surface area contributed by atoms with Crippen molar-refractivity contribution in [2.45, 2.75) is 45.9 Å². The molecule has 11 nitrogen and oxygen atoms in total. The zero-order chi connectivity index (χ0) is 34.7. The first-order valence-corrected chi connectivity index (χ1v) is 17.4. The Kier molecular flexibility index (Phi) is 9.97. The summed E-state index contributed by atoms with van der Waals surface area (Å²) < 4.78 is 31.4. The minimum Gasteiger partial charge on any atom is -0.383 e. The van der Waals surface area contributed by atoms with Crippen molar-refractivity contribution in [1.29, 1.82) is 0 Å². The van der Waals surface area contributed by atoms with Crippen LogP contribution in [0.1, 0.15) is 45.7 Å². The van der Waals surface area contributed by atoms with Gasteiger partial charge in [-0.3, -0.25) is 19.6 Å². The van der Waals surface area contributed by atoms with E-state index >= 15 is 0 Å². The molecule has 1 amide bonds. The first-order valence-electron chi connectivity index (χ1n) is 16.1. The van der Waals surface area contributed by atoms with Crippen LogP contribution in [0.25, 0.3) is 33.5 Å². The summed E-state index contributed by atoms with van der Waals surface area (Å²) in [5, 5.41) is 2.79. The summed E-state index contributed by atoms with van der Waals surface area (Å²) in [4.78, 5) is 41.0. The maximum Gasteiger partial charge on any atom is 0.261 e. The number of nitrogens with two attached hydrogens (primary N) is 1. The van der Waals surface area contributed by atoms with Gasteiger partial charge in [0.05, 0.1) is 23.3 Å². The van der Waals surface area contributed by atoms with Crippen LogP contribution in [-0.2, 0) is 27.7 Å². The van der Waals surface area contributed by atoms with Crippen LogP contribution < -0.4 is 16.5 Å². The smallest absolute Gasteiger partial charge is 0.261 e. The third kappa shape index (κ3) is 7.93. The van der Waals surface area contributed by atoms with Gasteiger partial charge in [-0.05, 0) is 80.5 Å². The lowest BCUT2D eigenvalue weighted by Gasteiger charge is -2.23. The lowest BCUT2D eigenvalue weighted by molar-refractivity contribution is 0.0612. The number of aromatic nitrogens is 4. The Morgan fingerprint density at radius 2 is 1.63 bits per heavy atom. The predicted octanol–water partition coefficient (Wildman–Crippen LogP) is 5.33. The van der Waals surface area contributed by atoms with Crippen molar-refractivity contribution in [3.63, 3.8) is 0 Å². The van der Waals surface area contributed by atoms with E-state index in [0.29, 0.717) is 53.6 Å². The molecule has 0 atom stereocenters. The number of amides is 1. The Hall–Kier alpha value is -5.20. The molecule has 49 heavy (non-hydrogen) atoms. The minimum absolute atomic E-state index is 0.0326. The molecule has 1 fully saturated rings. The van der Waals surface area contributed by atoms with Gasteiger partial charge in [-0.15, -0.1) is 0 Å². The van der Waals surface area contributed by atoms with E-state index in [4.69, 9.17) is 10.5 Å². The van der Waals surface area contributed by atoms with Crippen molar-refractivity contribution in [2.24, 2.45) is 5.92 Å². The molecule has 5 aromatic rings. The fourth-order valence-electron chi connectivity index (χ4n) is 6.17. The zero-order valence-electron chi connectivity index (χ0n) is 27.6. The van der Waals surface area contributed by atoms with Gasteiger partial charge in [0, 0.05) is 66.4 Å². The van der Waals surface area contributed by atoms with Gasteiger partial charge in [-0.1, -0.05) is 29.8 Å². The van der Waals surface area contributed by atoms with Crippen molar-refractivity contribution >= 4 is 28.1 Å². The van der Waals surface area contributed by atoms with Crippen LogP contribution in [0.15, 0.2) is 78.1 Å². The molecule has 0 aliphatic carbocycles. The molecule has 0 bridgehead atoms. The minimum atomic E-state index is -2.86. The first-order chi connectivity index (χ1) is 23.5. The molecular weight excluding hydrogens is 641 g/mol. The highest BCUT2D eigenvalue weighted by Gasteiger charge is 2.21. The van der Waals surface area contributed by atoms with Crippen LogP contribution in [0.3, 0.4) is 0 Å². The number of aryl methyl sites for hydroxylation is 3. The summed E-state index contributed by atoms with van der Waals surface area (Å²) in [5.41, 5.74) is 12.7. The second-order valence-electron chi connectivity index (χ2n) is 12.5. The highest BCUT2D eigenvalue weighted by atomic mass is 32.2. The van der Waals surface area contributed by atoms with Crippen molar-refractivity contribution in [3.8, 4) is 33.5 Å². The number of benzene rings is 1. The fraction of sp³-hybridized carbons (Fsp3) is 0.270. The lowest BCUT2D eigenvalue weighted by atomic mass is 9.99.